The van der Waals surface area contributed by atoms with Crippen molar-refractivity contribution in [3.8, 4) is 0 Å². The lowest BCUT2D eigenvalue weighted by atomic mass is 9.32. The first kappa shape index (κ1) is 23.4. The molecule has 2 nitrogen and oxygen atoms in total. The van der Waals surface area contributed by atoms with Gasteiger partial charge in [-0.05, 0) is 128 Å². The van der Waals surface area contributed by atoms with Crippen molar-refractivity contribution >= 4 is 0 Å². The fourth-order valence-corrected chi connectivity index (χ4v) is 11.5. The van der Waals surface area contributed by atoms with E-state index in [1.807, 2.05) is 0 Å². The van der Waals surface area contributed by atoms with E-state index in [-0.39, 0.29) is 16.9 Å². The molecule has 32 heavy (non-hydrogen) atoms. The van der Waals surface area contributed by atoms with Gasteiger partial charge in [-0.3, -0.25) is 0 Å². The summed E-state index contributed by atoms with van der Waals surface area (Å²) in [5, 5.41) is 21.5. The number of rotatable bonds is 2. The fraction of sp³-hybridized carbons (Fsp3) is 0.933. The molecule has 2 N–H and O–H groups in total. The maximum atomic E-state index is 10.9. The Morgan fingerprint density at radius 3 is 2.19 bits per heavy atom. The van der Waals surface area contributed by atoms with E-state index in [1.165, 1.54) is 63.4 Å². The van der Waals surface area contributed by atoms with Crippen LogP contribution in [0.15, 0.2) is 12.2 Å². The zero-order valence-corrected chi connectivity index (χ0v) is 21.8. The number of aliphatic hydroxyl groups is 2. The molecule has 5 aliphatic carbocycles. The molecule has 5 fully saturated rings. The summed E-state index contributed by atoms with van der Waals surface area (Å²) >= 11 is 0. The van der Waals surface area contributed by atoms with Crippen LogP contribution in [0.5, 0.6) is 0 Å². The van der Waals surface area contributed by atoms with E-state index in [0.717, 1.165) is 18.3 Å². The molecule has 0 bridgehead atoms. The van der Waals surface area contributed by atoms with Crippen LogP contribution in [0.3, 0.4) is 0 Å². The molecule has 0 amide bonds. The lowest BCUT2D eigenvalue weighted by molar-refractivity contribution is -0.249. The molecule has 0 saturated heterocycles. The summed E-state index contributed by atoms with van der Waals surface area (Å²) in [6.45, 7) is 19.7. The molecule has 5 unspecified atom stereocenters. The second-order valence-electron chi connectivity index (χ2n) is 14.6. The second kappa shape index (κ2) is 7.09. The van der Waals surface area contributed by atoms with Crippen LogP contribution < -0.4 is 0 Å². The van der Waals surface area contributed by atoms with Crippen LogP contribution in [0.2, 0.25) is 0 Å². The molecular weight excluding hydrogens is 392 g/mol. The third kappa shape index (κ3) is 2.66. The molecule has 5 rings (SSSR count). The van der Waals surface area contributed by atoms with Gasteiger partial charge in [-0.15, -0.1) is 0 Å². The van der Waals surface area contributed by atoms with Gasteiger partial charge in [0.25, 0.3) is 0 Å². The minimum absolute atomic E-state index is 0.0290. The topological polar surface area (TPSA) is 40.5 Å². The second-order valence-corrected chi connectivity index (χ2v) is 14.6. The zero-order valence-electron chi connectivity index (χ0n) is 21.8. The van der Waals surface area contributed by atoms with Crippen molar-refractivity contribution in [2.75, 3.05) is 6.61 Å². The van der Waals surface area contributed by atoms with Gasteiger partial charge >= 0.3 is 0 Å². The van der Waals surface area contributed by atoms with Crippen LogP contribution in [-0.4, -0.2) is 22.9 Å². The Hall–Kier alpha value is -0.340. The summed E-state index contributed by atoms with van der Waals surface area (Å²) in [6, 6.07) is 0. The van der Waals surface area contributed by atoms with Crippen molar-refractivity contribution in [1.29, 1.82) is 0 Å². The van der Waals surface area contributed by atoms with E-state index in [1.54, 1.807) is 0 Å². The summed E-state index contributed by atoms with van der Waals surface area (Å²) < 4.78 is 0. The van der Waals surface area contributed by atoms with Crippen LogP contribution >= 0.6 is 0 Å². The monoisotopic (exact) mass is 442 g/mol. The smallest absolute Gasteiger partial charge is 0.0594 e. The van der Waals surface area contributed by atoms with E-state index in [2.05, 4.69) is 48.1 Å². The molecule has 0 aromatic rings. The molecular formula is C30H50O2. The van der Waals surface area contributed by atoms with Gasteiger partial charge in [-0.25, -0.2) is 0 Å². The Kier molecular flexibility index (Phi) is 5.19. The number of hydrogen-bond acceptors (Lipinski definition) is 2. The number of fused-ring (bicyclic) bond motifs is 7. The normalized spacial score (nSPS) is 56.5. The van der Waals surface area contributed by atoms with Crippen LogP contribution in [0, 0.1) is 56.7 Å². The number of aliphatic hydroxyl groups excluding tert-OH is 2. The van der Waals surface area contributed by atoms with Crippen LogP contribution in [0.1, 0.15) is 106 Å². The molecule has 0 aliphatic heterocycles. The van der Waals surface area contributed by atoms with Gasteiger partial charge in [0.05, 0.1) is 6.10 Å². The molecule has 0 heterocycles. The molecule has 0 radical (unpaired) electrons. The van der Waals surface area contributed by atoms with Crippen molar-refractivity contribution in [2.45, 2.75) is 112 Å². The lowest BCUT2D eigenvalue weighted by Crippen LogP contribution is -2.66. The van der Waals surface area contributed by atoms with Crippen molar-refractivity contribution < 1.29 is 10.2 Å². The van der Waals surface area contributed by atoms with E-state index in [0.29, 0.717) is 40.6 Å². The van der Waals surface area contributed by atoms with Gasteiger partial charge in [-0.1, -0.05) is 46.8 Å². The molecule has 2 heteroatoms. The average Bonchev–Trinajstić information content (AvgIpc) is 3.12. The van der Waals surface area contributed by atoms with Crippen molar-refractivity contribution in [1.82, 2.24) is 0 Å². The third-order valence-electron chi connectivity index (χ3n) is 13.5. The van der Waals surface area contributed by atoms with Gasteiger partial charge in [0.15, 0.2) is 0 Å². The highest BCUT2D eigenvalue weighted by Crippen LogP contribution is 2.77. The molecule has 0 spiro atoms. The van der Waals surface area contributed by atoms with Crippen LogP contribution in [0.4, 0.5) is 0 Å². The predicted molar refractivity (Wildman–Crippen MR) is 132 cm³/mol. The fourth-order valence-electron chi connectivity index (χ4n) is 11.5. The maximum absolute atomic E-state index is 10.9. The van der Waals surface area contributed by atoms with E-state index < -0.39 is 0 Å². The van der Waals surface area contributed by atoms with Crippen molar-refractivity contribution in [3.63, 3.8) is 0 Å². The van der Waals surface area contributed by atoms with Gasteiger partial charge in [0.1, 0.15) is 0 Å². The van der Waals surface area contributed by atoms with Gasteiger partial charge in [0, 0.05) is 6.61 Å². The Bertz CT molecular complexity index is 786. The Morgan fingerprint density at radius 2 is 1.53 bits per heavy atom. The predicted octanol–water partition coefficient (Wildman–Crippen LogP) is 7.00. The van der Waals surface area contributed by atoms with Gasteiger partial charge in [-0.2, -0.15) is 0 Å². The first-order valence-electron chi connectivity index (χ1n) is 13.8. The molecule has 0 aromatic heterocycles. The van der Waals surface area contributed by atoms with E-state index in [9.17, 15) is 10.2 Å². The quantitative estimate of drug-likeness (QED) is 0.452. The van der Waals surface area contributed by atoms with E-state index in [4.69, 9.17) is 0 Å². The van der Waals surface area contributed by atoms with Gasteiger partial charge in [0.2, 0.25) is 0 Å². The number of hydrogen-bond donors (Lipinski definition) is 2. The molecule has 0 aromatic carbocycles. The highest BCUT2D eigenvalue weighted by Gasteiger charge is 2.70. The Balaban J connectivity index is 1.55. The zero-order chi connectivity index (χ0) is 23.3. The third-order valence-corrected chi connectivity index (χ3v) is 13.5. The lowest BCUT2D eigenvalue weighted by Gasteiger charge is -2.73. The van der Waals surface area contributed by atoms with E-state index >= 15 is 0 Å². The highest BCUT2D eigenvalue weighted by molar-refractivity contribution is 5.21. The Labute approximate surface area is 197 Å². The average molecular weight is 443 g/mol. The molecule has 5 aliphatic rings. The largest absolute Gasteiger partial charge is 0.396 e. The minimum atomic E-state index is -0.147. The standard InChI is InChI=1S/C30H50O2/c1-19(2)20-10-15-30(18-31)17-16-28(6)21(25(20)30)8-9-23-27(5)13-12-24(32)26(3,4)22(27)11-14-29(23,28)7/h20-25,31-32H,1,8-18H2,2-7H3/t20-,21?,22?,23?,24-,25?,27?,28+,29+,30+/m0/s1. The van der Waals surface area contributed by atoms with Crippen molar-refractivity contribution in [2.24, 2.45) is 56.7 Å². The van der Waals surface area contributed by atoms with Crippen LogP contribution in [0.25, 0.3) is 0 Å². The summed E-state index contributed by atoms with van der Waals surface area (Å²) in [5.41, 5.74) is 2.60. The Morgan fingerprint density at radius 1 is 0.812 bits per heavy atom. The first-order chi connectivity index (χ1) is 14.9. The summed E-state index contributed by atoms with van der Waals surface area (Å²) in [5.74, 6) is 3.33. The van der Waals surface area contributed by atoms with Gasteiger partial charge < -0.3 is 10.2 Å². The highest BCUT2D eigenvalue weighted by atomic mass is 16.3. The summed E-state index contributed by atoms with van der Waals surface area (Å²) in [6.07, 6.45) is 12.2. The van der Waals surface area contributed by atoms with Crippen molar-refractivity contribution in [3.05, 3.63) is 12.2 Å². The molecule has 5 saturated carbocycles. The van der Waals surface area contributed by atoms with Crippen LogP contribution in [-0.2, 0) is 0 Å². The molecule has 182 valence electrons. The summed E-state index contributed by atoms with van der Waals surface area (Å²) in [4.78, 5) is 0. The first-order valence-corrected chi connectivity index (χ1v) is 13.8. The maximum Gasteiger partial charge on any atom is 0.0594 e. The minimum Gasteiger partial charge on any atom is -0.396 e. The summed E-state index contributed by atoms with van der Waals surface area (Å²) in [7, 11) is 0. The number of allylic oxidation sites excluding steroid dienone is 1. The molecule has 10 atom stereocenters. The SMILES string of the molecule is C=C(C)[C@@H]1CC[C@]2(CO)CC[C@]3(C)C(CCC4C5(C)CC[C@H](O)C(C)(C)C5CC[C@]43C)C12.